The van der Waals surface area contributed by atoms with E-state index in [9.17, 15) is 22.8 Å². The predicted octanol–water partition coefficient (Wildman–Crippen LogP) is 3.19. The lowest BCUT2D eigenvalue weighted by atomic mass is 9.55. The molecule has 0 aromatic heterocycles. The van der Waals surface area contributed by atoms with E-state index in [1.54, 1.807) is 6.92 Å². The molecule has 5 aliphatic rings. The van der Waals surface area contributed by atoms with E-state index in [-0.39, 0.29) is 11.8 Å². The van der Waals surface area contributed by atoms with Crippen molar-refractivity contribution >= 4 is 11.9 Å². The number of fused-ring (bicyclic) bond motifs is 2. The third kappa shape index (κ3) is 3.19. The van der Waals surface area contributed by atoms with E-state index >= 15 is 0 Å². The second kappa shape index (κ2) is 7.29. The van der Waals surface area contributed by atoms with Crippen LogP contribution in [0.3, 0.4) is 0 Å². The number of esters is 1. The van der Waals surface area contributed by atoms with Gasteiger partial charge in [0.2, 0.25) is 5.79 Å². The number of halogens is 3. The second-order valence-corrected chi connectivity index (χ2v) is 9.33. The maximum atomic E-state index is 14.5. The molecule has 31 heavy (non-hydrogen) atoms. The van der Waals surface area contributed by atoms with Crippen molar-refractivity contribution in [2.24, 2.45) is 23.7 Å². The van der Waals surface area contributed by atoms with Crippen LogP contribution in [0, 0.1) is 23.7 Å². The molecule has 8 atom stereocenters. The molecule has 0 radical (unpaired) electrons. The Kier molecular flexibility index (Phi) is 5.35. The van der Waals surface area contributed by atoms with Crippen LogP contribution in [0.25, 0.3) is 0 Å². The number of carboxylic acid groups (broad SMARTS) is 1. The number of alkyl halides is 3. The van der Waals surface area contributed by atoms with Crippen LogP contribution < -0.4 is 0 Å². The third-order valence-corrected chi connectivity index (χ3v) is 7.59. The monoisotopic (exact) mass is 452 g/mol. The fourth-order valence-electron chi connectivity index (χ4n) is 5.96. The van der Waals surface area contributed by atoms with Gasteiger partial charge in [0.05, 0.1) is 6.42 Å². The van der Waals surface area contributed by atoms with Crippen molar-refractivity contribution in [3.8, 4) is 0 Å². The number of hydrogen-bond acceptors (Lipinski definition) is 7. The quantitative estimate of drug-likeness (QED) is 0.513. The number of carbonyl (C=O) groups excluding carboxylic acids is 1. The molecule has 4 saturated heterocycles. The summed E-state index contributed by atoms with van der Waals surface area (Å²) < 4.78 is 59.8. The van der Waals surface area contributed by atoms with Gasteiger partial charge >= 0.3 is 18.1 Å². The van der Waals surface area contributed by atoms with Gasteiger partial charge in [-0.15, -0.1) is 0 Å². The lowest BCUT2D eigenvalue weighted by molar-refractivity contribution is -0.581. The highest BCUT2D eigenvalue weighted by Crippen LogP contribution is 2.64. The number of rotatable bonds is 4. The first-order valence-corrected chi connectivity index (χ1v) is 10.6. The Morgan fingerprint density at radius 2 is 1.81 bits per heavy atom. The van der Waals surface area contributed by atoms with Crippen LogP contribution >= 0.6 is 0 Å². The highest BCUT2D eigenvalue weighted by Gasteiger charge is 2.79. The van der Waals surface area contributed by atoms with Crippen LogP contribution in [0.4, 0.5) is 13.2 Å². The topological polar surface area (TPSA) is 101 Å². The minimum Gasteiger partial charge on any atom is -0.481 e. The Balaban J connectivity index is 1.77. The standard InChI is InChI=1S/C20H27F3O8/c1-10-4-5-13-11(2)19(20(21,22)23,15(26)27-9-7-14(24)25)29-16-18(13)12(10)6-8-17(3,28-16)30-31-18/h10-13,16H,4-9H2,1-3H3,(H,24,25). The van der Waals surface area contributed by atoms with Gasteiger partial charge < -0.3 is 19.3 Å². The van der Waals surface area contributed by atoms with Crippen LogP contribution in [0.2, 0.25) is 0 Å². The SMILES string of the molecule is CC1CCC2C(C)C(C(=O)OCCC(=O)O)(C(F)(F)F)OC3OC4(C)CCC1C32OO4. The van der Waals surface area contributed by atoms with E-state index in [4.69, 9.17) is 29.1 Å². The van der Waals surface area contributed by atoms with Crippen molar-refractivity contribution in [2.45, 2.75) is 82.3 Å². The molecule has 8 nitrogen and oxygen atoms in total. The summed E-state index contributed by atoms with van der Waals surface area (Å²) in [6.07, 6.45) is -5.16. The normalized spacial score (nSPS) is 46.7. The van der Waals surface area contributed by atoms with Gasteiger partial charge in [0.25, 0.3) is 5.60 Å². The molecule has 1 aliphatic carbocycles. The molecule has 4 aliphatic heterocycles. The fraction of sp³-hybridized carbons (Fsp3) is 0.900. The Hall–Kier alpha value is -1.43. The lowest BCUT2D eigenvalue weighted by Crippen LogP contribution is -2.77. The molecule has 176 valence electrons. The van der Waals surface area contributed by atoms with E-state index in [0.717, 1.165) is 0 Å². The first-order chi connectivity index (χ1) is 14.4. The fourth-order valence-corrected chi connectivity index (χ4v) is 5.96. The van der Waals surface area contributed by atoms with Crippen LogP contribution in [0.15, 0.2) is 0 Å². The minimum absolute atomic E-state index is 0.142. The molecule has 0 aromatic rings. The molecular formula is C20H27F3O8. The van der Waals surface area contributed by atoms with E-state index in [0.29, 0.717) is 25.7 Å². The van der Waals surface area contributed by atoms with E-state index < -0.39 is 66.3 Å². The van der Waals surface area contributed by atoms with Crippen molar-refractivity contribution in [3.05, 3.63) is 0 Å². The lowest BCUT2D eigenvalue weighted by Gasteiger charge is -2.62. The molecule has 5 fully saturated rings. The number of ether oxygens (including phenoxy) is 3. The summed E-state index contributed by atoms with van der Waals surface area (Å²) in [4.78, 5) is 34.9. The average Bonchev–Trinajstić information content (AvgIpc) is 2.89. The van der Waals surface area contributed by atoms with Crippen LogP contribution in [0.5, 0.6) is 0 Å². The maximum absolute atomic E-state index is 14.5. The predicted molar refractivity (Wildman–Crippen MR) is 95.0 cm³/mol. The van der Waals surface area contributed by atoms with Gasteiger partial charge in [0, 0.05) is 18.3 Å². The summed E-state index contributed by atoms with van der Waals surface area (Å²) in [5, 5.41) is 8.74. The smallest absolute Gasteiger partial charge is 0.428 e. The van der Waals surface area contributed by atoms with Crippen molar-refractivity contribution in [3.63, 3.8) is 0 Å². The molecular weight excluding hydrogens is 425 g/mol. The van der Waals surface area contributed by atoms with Gasteiger partial charge in [-0.1, -0.05) is 13.8 Å². The van der Waals surface area contributed by atoms with Crippen molar-refractivity contribution in [1.82, 2.24) is 0 Å². The number of hydrogen-bond donors (Lipinski definition) is 1. The van der Waals surface area contributed by atoms with E-state index in [2.05, 4.69) is 0 Å². The first-order valence-electron chi connectivity index (χ1n) is 10.6. The molecule has 1 spiro atoms. The van der Waals surface area contributed by atoms with Gasteiger partial charge in [0.15, 0.2) is 11.9 Å². The summed E-state index contributed by atoms with van der Waals surface area (Å²) in [6.45, 7) is 4.20. The van der Waals surface area contributed by atoms with Crippen molar-refractivity contribution in [1.29, 1.82) is 0 Å². The van der Waals surface area contributed by atoms with Crippen LogP contribution in [-0.2, 0) is 33.6 Å². The van der Waals surface area contributed by atoms with E-state index in [1.165, 1.54) is 6.92 Å². The molecule has 0 aromatic carbocycles. The summed E-state index contributed by atoms with van der Waals surface area (Å²) in [6, 6.07) is 0. The van der Waals surface area contributed by atoms with Gasteiger partial charge in [-0.2, -0.15) is 13.2 Å². The zero-order chi connectivity index (χ0) is 22.8. The Morgan fingerprint density at radius 3 is 2.45 bits per heavy atom. The first kappa shape index (κ1) is 22.8. The average molecular weight is 452 g/mol. The summed E-state index contributed by atoms with van der Waals surface area (Å²) in [7, 11) is 0. The molecule has 1 N–H and O–H groups in total. The molecule has 8 unspecified atom stereocenters. The molecule has 2 bridgehead atoms. The summed E-state index contributed by atoms with van der Waals surface area (Å²) >= 11 is 0. The van der Waals surface area contributed by atoms with Gasteiger partial charge in [-0.05, 0) is 38.0 Å². The highest BCUT2D eigenvalue weighted by atomic mass is 19.4. The zero-order valence-electron chi connectivity index (χ0n) is 17.6. The van der Waals surface area contributed by atoms with Gasteiger partial charge in [0.1, 0.15) is 6.61 Å². The minimum atomic E-state index is -5.12. The largest absolute Gasteiger partial charge is 0.481 e. The van der Waals surface area contributed by atoms with Crippen molar-refractivity contribution < 1.29 is 51.9 Å². The molecule has 4 heterocycles. The zero-order valence-corrected chi connectivity index (χ0v) is 17.6. The number of aliphatic carboxylic acids is 1. The Labute approximate surface area is 177 Å². The highest BCUT2D eigenvalue weighted by molar-refractivity contribution is 5.82. The molecule has 0 amide bonds. The Bertz CT molecular complexity index is 759. The van der Waals surface area contributed by atoms with E-state index in [1.807, 2.05) is 6.92 Å². The Morgan fingerprint density at radius 1 is 1.10 bits per heavy atom. The van der Waals surface area contributed by atoms with Gasteiger partial charge in [-0.25, -0.2) is 14.6 Å². The third-order valence-electron chi connectivity index (χ3n) is 7.59. The maximum Gasteiger partial charge on any atom is 0.428 e. The summed E-state index contributed by atoms with van der Waals surface area (Å²) in [5.41, 5.74) is -4.58. The molecule has 1 saturated carbocycles. The molecule has 5 rings (SSSR count). The summed E-state index contributed by atoms with van der Waals surface area (Å²) in [5.74, 6) is -6.40. The van der Waals surface area contributed by atoms with Crippen molar-refractivity contribution in [2.75, 3.05) is 6.61 Å². The number of carbonyl (C=O) groups is 2. The second-order valence-electron chi connectivity index (χ2n) is 9.33. The number of carboxylic acids is 1. The van der Waals surface area contributed by atoms with Crippen LogP contribution in [-0.4, -0.2) is 53.1 Å². The van der Waals surface area contributed by atoms with Gasteiger partial charge in [-0.3, -0.25) is 4.79 Å². The van der Waals surface area contributed by atoms with Crippen LogP contribution in [0.1, 0.15) is 52.9 Å². The molecule has 11 heteroatoms.